The maximum Gasteiger partial charge on any atom is 0.264 e. The van der Waals surface area contributed by atoms with Crippen LogP contribution in [0.1, 0.15) is 50.7 Å². The predicted molar refractivity (Wildman–Crippen MR) is 132 cm³/mol. The summed E-state index contributed by atoms with van der Waals surface area (Å²) < 4.78 is 56.6. The number of hydrogen-bond donors (Lipinski definition) is 0. The van der Waals surface area contributed by atoms with Gasteiger partial charge in [0.05, 0.1) is 22.9 Å². The van der Waals surface area contributed by atoms with E-state index in [2.05, 4.69) is 6.92 Å². The molecule has 0 aromatic heterocycles. The molecule has 0 radical (unpaired) electrons. The van der Waals surface area contributed by atoms with E-state index in [1.54, 1.807) is 54.7 Å². The van der Waals surface area contributed by atoms with Crippen LogP contribution in [-0.4, -0.2) is 38.5 Å². The Bertz CT molecular complexity index is 1190. The Morgan fingerprint density at radius 2 is 1.30 bits per heavy atom. The van der Waals surface area contributed by atoms with Gasteiger partial charge in [0.25, 0.3) is 20.0 Å². The predicted octanol–water partition coefficient (Wildman–Crippen LogP) is 5.06. The van der Waals surface area contributed by atoms with Gasteiger partial charge in [0.1, 0.15) is 0 Å². The van der Waals surface area contributed by atoms with Gasteiger partial charge in [0, 0.05) is 17.8 Å². The molecule has 0 saturated heterocycles. The molecule has 2 aromatic carbocycles. The fraction of sp³-hybridized carbons (Fsp3) is 0.440. The van der Waals surface area contributed by atoms with Gasteiger partial charge in [-0.3, -0.25) is 8.61 Å². The summed E-state index contributed by atoms with van der Waals surface area (Å²) in [5.74, 6) is -0.0545. The third-order valence-corrected chi connectivity index (χ3v) is 9.76. The highest BCUT2D eigenvalue weighted by molar-refractivity contribution is 7.89. The highest BCUT2D eigenvalue weighted by Gasteiger charge is 2.36. The molecular weight excluding hydrogens is 456 g/mol. The summed E-state index contributed by atoms with van der Waals surface area (Å²) in [4.78, 5) is 0.430. The minimum Gasteiger partial charge on any atom is -0.270 e. The second-order valence-corrected chi connectivity index (χ2v) is 12.4. The molecule has 0 saturated carbocycles. The first-order valence-electron chi connectivity index (χ1n) is 11.5. The molecule has 0 aliphatic carbocycles. The smallest absolute Gasteiger partial charge is 0.264 e. The largest absolute Gasteiger partial charge is 0.270 e. The Morgan fingerprint density at radius 1 is 0.788 bits per heavy atom. The maximum atomic E-state index is 13.6. The summed E-state index contributed by atoms with van der Waals surface area (Å²) in [6, 6.07) is 13.5. The average Bonchev–Trinajstić information content (AvgIpc) is 2.80. The molecule has 33 heavy (non-hydrogen) atoms. The number of rotatable bonds is 9. The van der Waals surface area contributed by atoms with E-state index in [9.17, 15) is 16.8 Å². The van der Waals surface area contributed by atoms with Crippen LogP contribution in [0, 0.1) is 19.8 Å². The van der Waals surface area contributed by atoms with Gasteiger partial charge < -0.3 is 0 Å². The summed E-state index contributed by atoms with van der Waals surface area (Å²) in [7, 11) is -7.58. The zero-order chi connectivity index (χ0) is 24.2. The Labute approximate surface area is 199 Å². The first-order chi connectivity index (χ1) is 15.6. The lowest BCUT2D eigenvalue weighted by Gasteiger charge is -2.38. The van der Waals surface area contributed by atoms with Gasteiger partial charge in [-0.15, -0.1) is 0 Å². The minimum absolute atomic E-state index is 0.0545. The van der Waals surface area contributed by atoms with Crippen LogP contribution in [0.25, 0.3) is 0 Å². The lowest BCUT2D eigenvalue weighted by molar-refractivity contribution is 0.332. The summed E-state index contributed by atoms with van der Waals surface area (Å²) in [6.45, 7) is 8.07. The summed E-state index contributed by atoms with van der Waals surface area (Å²) >= 11 is 0. The Hall–Kier alpha value is -2.32. The molecule has 1 aliphatic rings. The van der Waals surface area contributed by atoms with Gasteiger partial charge in [0.15, 0.2) is 0 Å². The highest BCUT2D eigenvalue weighted by atomic mass is 32.2. The van der Waals surface area contributed by atoms with Crippen molar-refractivity contribution in [3.8, 4) is 0 Å². The molecule has 180 valence electrons. The van der Waals surface area contributed by atoms with Gasteiger partial charge in [-0.05, 0) is 51.0 Å². The minimum atomic E-state index is -3.80. The summed E-state index contributed by atoms with van der Waals surface area (Å²) in [5, 5.41) is 0. The SMILES string of the molecule is CCCCC(CC)C1=CN(S(=O)(=O)c2ccc(C)cc2)CCN1S(=O)(=O)c1ccc(C)cc1. The van der Waals surface area contributed by atoms with Gasteiger partial charge >= 0.3 is 0 Å². The fourth-order valence-corrected chi connectivity index (χ4v) is 6.90. The summed E-state index contributed by atoms with van der Waals surface area (Å²) in [5.41, 5.74) is 2.51. The normalized spacial score (nSPS) is 15.9. The lowest BCUT2D eigenvalue weighted by Crippen LogP contribution is -2.45. The van der Waals surface area contributed by atoms with Crippen LogP contribution in [0.4, 0.5) is 0 Å². The number of benzene rings is 2. The van der Waals surface area contributed by atoms with Crippen molar-refractivity contribution in [1.82, 2.24) is 8.61 Å². The van der Waals surface area contributed by atoms with Crippen LogP contribution < -0.4 is 0 Å². The van der Waals surface area contributed by atoms with Crippen molar-refractivity contribution in [2.24, 2.45) is 5.92 Å². The van der Waals surface area contributed by atoms with Crippen molar-refractivity contribution in [1.29, 1.82) is 0 Å². The number of nitrogens with zero attached hydrogens (tertiary/aromatic N) is 2. The van der Waals surface area contributed by atoms with Crippen molar-refractivity contribution < 1.29 is 16.8 Å². The van der Waals surface area contributed by atoms with E-state index >= 15 is 0 Å². The highest BCUT2D eigenvalue weighted by Crippen LogP contribution is 2.34. The van der Waals surface area contributed by atoms with Crippen LogP contribution in [0.2, 0.25) is 0 Å². The molecule has 1 aliphatic heterocycles. The van der Waals surface area contributed by atoms with Crippen LogP contribution in [0.3, 0.4) is 0 Å². The summed E-state index contributed by atoms with van der Waals surface area (Å²) in [6.07, 6.45) is 5.01. The molecule has 1 atom stereocenters. The zero-order valence-electron chi connectivity index (χ0n) is 19.9. The second-order valence-electron chi connectivity index (χ2n) is 8.62. The van der Waals surface area contributed by atoms with E-state index < -0.39 is 20.0 Å². The molecule has 1 heterocycles. The van der Waals surface area contributed by atoms with E-state index in [1.165, 1.54) is 8.61 Å². The lowest BCUT2D eigenvalue weighted by atomic mass is 9.95. The maximum absolute atomic E-state index is 13.6. The van der Waals surface area contributed by atoms with Crippen molar-refractivity contribution in [2.45, 2.75) is 63.2 Å². The molecule has 0 fully saturated rings. The Kier molecular flexibility index (Phi) is 7.90. The van der Waals surface area contributed by atoms with E-state index in [0.717, 1.165) is 36.8 Å². The monoisotopic (exact) mass is 490 g/mol. The molecule has 3 rings (SSSR count). The molecular formula is C25H34N2O4S2. The molecule has 0 amide bonds. The number of aryl methyl sites for hydroxylation is 2. The third kappa shape index (κ3) is 5.44. The standard InChI is InChI=1S/C25H34N2O4S2/c1-5-7-8-22(6-2)25-19-26(32(28,29)23-13-9-20(3)10-14-23)17-18-27(25)33(30,31)24-15-11-21(4)12-16-24/h9-16,19,22H,5-8,17-18H2,1-4H3. The van der Waals surface area contributed by atoms with Crippen LogP contribution in [0.5, 0.6) is 0 Å². The van der Waals surface area contributed by atoms with Crippen molar-refractivity contribution >= 4 is 20.0 Å². The first kappa shape index (κ1) is 25.3. The van der Waals surface area contributed by atoms with Crippen LogP contribution in [0.15, 0.2) is 70.2 Å². The molecule has 1 unspecified atom stereocenters. The molecule has 0 bridgehead atoms. The molecule has 6 nitrogen and oxygen atoms in total. The van der Waals surface area contributed by atoms with E-state index in [4.69, 9.17) is 0 Å². The van der Waals surface area contributed by atoms with Crippen LogP contribution in [-0.2, 0) is 20.0 Å². The van der Waals surface area contributed by atoms with Crippen molar-refractivity contribution in [2.75, 3.05) is 13.1 Å². The zero-order valence-corrected chi connectivity index (χ0v) is 21.5. The van der Waals surface area contributed by atoms with Crippen molar-refractivity contribution in [3.63, 3.8) is 0 Å². The topological polar surface area (TPSA) is 74.8 Å². The molecule has 0 spiro atoms. The van der Waals surface area contributed by atoms with Gasteiger partial charge in [-0.2, -0.15) is 0 Å². The number of allylic oxidation sites excluding steroid dienone is 1. The Balaban J connectivity index is 2.06. The van der Waals surface area contributed by atoms with Crippen molar-refractivity contribution in [3.05, 3.63) is 71.6 Å². The average molecular weight is 491 g/mol. The van der Waals surface area contributed by atoms with E-state index in [-0.39, 0.29) is 28.8 Å². The number of hydrogen-bond acceptors (Lipinski definition) is 4. The van der Waals surface area contributed by atoms with Crippen LogP contribution >= 0.6 is 0 Å². The molecule has 2 aromatic rings. The second kappa shape index (κ2) is 10.3. The third-order valence-electron chi connectivity index (χ3n) is 6.14. The van der Waals surface area contributed by atoms with Gasteiger partial charge in [-0.25, -0.2) is 16.8 Å². The Morgan fingerprint density at radius 3 is 1.79 bits per heavy atom. The number of sulfonamides is 2. The number of unbranched alkanes of at least 4 members (excludes halogenated alkanes) is 1. The molecule has 0 N–H and O–H groups in total. The fourth-order valence-electron chi connectivity index (χ4n) is 4.05. The van der Waals surface area contributed by atoms with Gasteiger partial charge in [-0.1, -0.05) is 62.1 Å². The first-order valence-corrected chi connectivity index (χ1v) is 14.4. The van der Waals surface area contributed by atoms with E-state index in [1.807, 2.05) is 20.8 Å². The van der Waals surface area contributed by atoms with E-state index in [0.29, 0.717) is 5.70 Å². The quantitative estimate of drug-likeness (QED) is 0.493. The van der Waals surface area contributed by atoms with Gasteiger partial charge in [0.2, 0.25) is 0 Å². The molecule has 8 heteroatoms.